The fourth-order valence-electron chi connectivity index (χ4n) is 3.94. The maximum absolute atomic E-state index is 14.7. The van der Waals surface area contributed by atoms with Crippen LogP contribution in [0.4, 0.5) is 10.1 Å². The van der Waals surface area contributed by atoms with Crippen LogP contribution in [-0.4, -0.2) is 33.4 Å². The second kappa shape index (κ2) is 9.43. The van der Waals surface area contributed by atoms with Gasteiger partial charge in [-0.1, -0.05) is 41.4 Å². The fraction of sp³-hybridized carbons (Fsp3) is 0.320. The Labute approximate surface area is 223 Å². The molecule has 1 saturated heterocycles. The zero-order valence-corrected chi connectivity index (χ0v) is 22.6. The van der Waals surface area contributed by atoms with Gasteiger partial charge in [-0.25, -0.2) is 9.18 Å². The lowest BCUT2D eigenvalue weighted by Gasteiger charge is -2.32. The molecule has 2 aromatic carbocycles. The number of hydrogen-bond acceptors (Lipinski definition) is 5. The summed E-state index contributed by atoms with van der Waals surface area (Å²) in [5.74, 6) is -1.55. The summed E-state index contributed by atoms with van der Waals surface area (Å²) in [6, 6.07) is 7.35. The Morgan fingerprint density at radius 1 is 1.00 bits per heavy atom. The molecule has 1 amide bonds. The van der Waals surface area contributed by atoms with Crippen LogP contribution in [0.1, 0.15) is 38.1 Å². The minimum Gasteiger partial charge on any atom is -0.399 e. The van der Waals surface area contributed by atoms with Crippen LogP contribution in [0.5, 0.6) is 0 Å². The molecule has 12 heteroatoms. The molecular formula is C25H25BCl2FN3O5. The molecule has 3 aromatic rings. The van der Waals surface area contributed by atoms with Gasteiger partial charge in [0.2, 0.25) is 0 Å². The van der Waals surface area contributed by atoms with Crippen LogP contribution in [0.3, 0.4) is 0 Å². The summed E-state index contributed by atoms with van der Waals surface area (Å²) in [4.78, 5) is 37.3. The molecule has 0 bridgehead atoms. The van der Waals surface area contributed by atoms with Gasteiger partial charge in [0, 0.05) is 41.9 Å². The summed E-state index contributed by atoms with van der Waals surface area (Å²) in [5.41, 5.74) is -1.82. The molecule has 8 nitrogen and oxygen atoms in total. The van der Waals surface area contributed by atoms with Gasteiger partial charge in [-0.3, -0.25) is 14.2 Å². The summed E-state index contributed by atoms with van der Waals surface area (Å²) in [7, 11) is 1.90. The number of aryl methyl sites for hydroxylation is 1. The van der Waals surface area contributed by atoms with E-state index in [1.165, 1.54) is 20.2 Å². The molecule has 37 heavy (non-hydrogen) atoms. The van der Waals surface area contributed by atoms with Crippen LogP contribution < -0.4 is 22.0 Å². The maximum Gasteiger partial charge on any atom is 0.496 e. The van der Waals surface area contributed by atoms with Crippen molar-refractivity contribution in [3.05, 3.63) is 78.8 Å². The van der Waals surface area contributed by atoms with Gasteiger partial charge < -0.3 is 19.2 Å². The van der Waals surface area contributed by atoms with Crippen molar-refractivity contribution in [2.45, 2.75) is 38.9 Å². The van der Waals surface area contributed by atoms with Crippen LogP contribution in [0.15, 0.2) is 46.1 Å². The van der Waals surface area contributed by atoms with E-state index in [4.69, 9.17) is 32.5 Å². The van der Waals surface area contributed by atoms with Gasteiger partial charge in [0.05, 0.1) is 21.9 Å². The first-order chi connectivity index (χ1) is 17.1. The average molecular weight is 548 g/mol. The van der Waals surface area contributed by atoms with E-state index >= 15 is 0 Å². The first kappa shape index (κ1) is 27.1. The molecule has 0 radical (unpaired) electrons. The van der Waals surface area contributed by atoms with Crippen molar-refractivity contribution in [3.8, 4) is 11.1 Å². The number of carbonyl (C=O) groups is 1. The number of nitrogens with zero attached hydrogens (tertiary/aromatic N) is 2. The summed E-state index contributed by atoms with van der Waals surface area (Å²) in [5, 5.41) is 2.72. The Morgan fingerprint density at radius 2 is 1.62 bits per heavy atom. The van der Waals surface area contributed by atoms with Crippen molar-refractivity contribution in [2.24, 2.45) is 14.1 Å². The van der Waals surface area contributed by atoms with Crippen LogP contribution in [0.2, 0.25) is 10.0 Å². The Bertz CT molecular complexity index is 1530. The highest BCUT2D eigenvalue weighted by Gasteiger charge is 2.52. The first-order valence-corrected chi connectivity index (χ1v) is 12.1. The van der Waals surface area contributed by atoms with Crippen LogP contribution in [0, 0.1) is 5.82 Å². The van der Waals surface area contributed by atoms with Gasteiger partial charge in [-0.15, -0.1) is 0 Å². The molecule has 1 aromatic heterocycles. The normalized spacial score (nSPS) is 16.2. The van der Waals surface area contributed by atoms with Crippen molar-refractivity contribution in [1.82, 2.24) is 9.13 Å². The molecule has 0 atom stereocenters. The summed E-state index contributed by atoms with van der Waals surface area (Å²) in [6.45, 7) is 7.67. The number of anilines is 1. The summed E-state index contributed by atoms with van der Waals surface area (Å²) < 4.78 is 28.8. The molecule has 1 aliphatic heterocycles. The van der Waals surface area contributed by atoms with Crippen LogP contribution in [-0.2, 0) is 23.4 Å². The quantitative estimate of drug-likeness (QED) is 0.502. The van der Waals surface area contributed by atoms with E-state index in [2.05, 4.69) is 5.32 Å². The number of halogens is 3. The molecule has 4 rings (SSSR count). The van der Waals surface area contributed by atoms with Crippen LogP contribution in [0.25, 0.3) is 11.1 Å². The van der Waals surface area contributed by atoms with Gasteiger partial charge in [-0.2, -0.15) is 0 Å². The number of hydrogen-bond donors (Lipinski definition) is 1. The van der Waals surface area contributed by atoms with Gasteiger partial charge in [-0.05, 0) is 39.8 Å². The Kier molecular flexibility index (Phi) is 6.92. The first-order valence-electron chi connectivity index (χ1n) is 11.4. The monoisotopic (exact) mass is 547 g/mol. The fourth-order valence-corrected chi connectivity index (χ4v) is 4.51. The molecule has 0 unspecified atom stereocenters. The molecule has 0 spiro atoms. The second-order valence-corrected chi connectivity index (χ2v) is 10.6. The van der Waals surface area contributed by atoms with E-state index in [9.17, 15) is 18.8 Å². The Morgan fingerprint density at radius 3 is 2.24 bits per heavy atom. The molecule has 1 fully saturated rings. The molecule has 0 saturated carbocycles. The number of rotatable bonds is 4. The third-order valence-corrected chi connectivity index (χ3v) is 7.63. The van der Waals surface area contributed by atoms with E-state index in [0.717, 1.165) is 21.4 Å². The highest BCUT2D eigenvalue weighted by atomic mass is 35.5. The number of amides is 1. The van der Waals surface area contributed by atoms with E-state index in [0.29, 0.717) is 11.0 Å². The third-order valence-electron chi connectivity index (χ3n) is 6.80. The predicted octanol–water partition coefficient (Wildman–Crippen LogP) is 3.75. The van der Waals surface area contributed by atoms with Crippen molar-refractivity contribution < 1.29 is 18.5 Å². The Hall–Kier alpha value is -2.92. The van der Waals surface area contributed by atoms with Crippen LogP contribution >= 0.6 is 23.2 Å². The predicted molar refractivity (Wildman–Crippen MR) is 142 cm³/mol. The summed E-state index contributed by atoms with van der Waals surface area (Å²) >= 11 is 13.4. The van der Waals surface area contributed by atoms with E-state index in [-0.39, 0.29) is 26.9 Å². The number of aromatic nitrogens is 2. The third kappa shape index (κ3) is 4.74. The number of benzene rings is 2. The van der Waals surface area contributed by atoms with Crippen molar-refractivity contribution >= 4 is 47.4 Å². The Balaban J connectivity index is 1.74. The number of nitrogens with one attached hydrogen (secondary N) is 1. The minimum atomic E-state index is -0.855. The highest BCUT2D eigenvalue weighted by molar-refractivity contribution is 6.66. The average Bonchev–Trinajstić information content (AvgIpc) is 3.03. The SMILES string of the molecule is Cn1cc(C(=O)Nc2cc(F)cc(-c3cccc(B4OC(C)(C)C(C)(C)O4)c3Cl)c2Cl)c(=O)n(C)c1=O. The van der Waals surface area contributed by atoms with Gasteiger partial charge in [0.25, 0.3) is 11.5 Å². The zero-order valence-electron chi connectivity index (χ0n) is 21.1. The second-order valence-electron chi connectivity index (χ2n) is 9.87. The molecule has 1 N–H and O–H groups in total. The minimum absolute atomic E-state index is 0.00404. The maximum atomic E-state index is 14.7. The lowest BCUT2D eigenvalue weighted by molar-refractivity contribution is 0.00578. The van der Waals surface area contributed by atoms with E-state index in [1.807, 2.05) is 27.7 Å². The number of carbonyl (C=O) groups excluding carboxylic acids is 1. The van der Waals surface area contributed by atoms with Crippen molar-refractivity contribution in [2.75, 3.05) is 5.32 Å². The van der Waals surface area contributed by atoms with Gasteiger partial charge >= 0.3 is 12.8 Å². The van der Waals surface area contributed by atoms with Crippen molar-refractivity contribution in [1.29, 1.82) is 0 Å². The topological polar surface area (TPSA) is 91.6 Å². The molecule has 0 aliphatic carbocycles. The molecular weight excluding hydrogens is 523 g/mol. The molecule has 2 heterocycles. The molecule has 194 valence electrons. The largest absolute Gasteiger partial charge is 0.496 e. The van der Waals surface area contributed by atoms with Gasteiger partial charge in [0.15, 0.2) is 0 Å². The lowest BCUT2D eigenvalue weighted by atomic mass is 9.77. The van der Waals surface area contributed by atoms with E-state index < -0.39 is 41.3 Å². The summed E-state index contributed by atoms with van der Waals surface area (Å²) in [6.07, 6.45) is 1.11. The lowest BCUT2D eigenvalue weighted by Crippen LogP contribution is -2.41. The van der Waals surface area contributed by atoms with E-state index in [1.54, 1.807) is 18.2 Å². The van der Waals surface area contributed by atoms with Crippen molar-refractivity contribution in [3.63, 3.8) is 0 Å². The highest BCUT2D eigenvalue weighted by Crippen LogP contribution is 2.40. The molecule has 1 aliphatic rings. The van der Waals surface area contributed by atoms with Gasteiger partial charge in [0.1, 0.15) is 11.4 Å². The standard InChI is InChI=1S/C25H25BCl2FN3O5/c1-24(2)25(3,4)37-26(36-24)17-9-7-8-14(19(17)27)15-10-13(29)11-18(20(15)28)30-21(33)16-12-31(5)23(35)32(6)22(16)34/h7-12H,1-6H3,(H,30,33). The zero-order chi connectivity index (χ0) is 27.4. The smallest absolute Gasteiger partial charge is 0.399 e.